The Hall–Kier alpha value is -2.88. The van der Waals surface area contributed by atoms with Crippen LogP contribution in [0.3, 0.4) is 0 Å². The van der Waals surface area contributed by atoms with Crippen LogP contribution < -0.4 is 10.2 Å². The minimum Gasteiger partial charge on any atom is -0.374 e. The topological polar surface area (TPSA) is 45.2 Å². The molecular formula is C31H43N3O. The lowest BCUT2D eigenvalue weighted by molar-refractivity contribution is 0.102. The lowest BCUT2D eigenvalue weighted by Gasteiger charge is -2.22. The number of benzene rings is 2. The van der Waals surface area contributed by atoms with Gasteiger partial charge in [0.1, 0.15) is 0 Å². The zero-order chi connectivity index (χ0) is 24.7. The van der Waals surface area contributed by atoms with Crippen molar-refractivity contribution in [3.8, 4) is 0 Å². The Bertz CT molecular complexity index is 1030. The first kappa shape index (κ1) is 26.7. The highest BCUT2D eigenvalue weighted by Gasteiger charge is 2.14. The number of amides is 1. The fraction of sp³-hybridized carbons (Fsp3) is 0.484. The number of fused-ring (bicyclic) bond motifs is 1. The van der Waals surface area contributed by atoms with Crippen LogP contribution >= 0.6 is 0 Å². The largest absolute Gasteiger partial charge is 0.374 e. The molecule has 1 aromatic heterocycles. The summed E-state index contributed by atoms with van der Waals surface area (Å²) in [5.74, 6) is -0.0979. The number of aromatic nitrogens is 1. The van der Waals surface area contributed by atoms with E-state index in [2.05, 4.69) is 29.2 Å². The van der Waals surface area contributed by atoms with Gasteiger partial charge in [-0.2, -0.15) is 0 Å². The predicted molar refractivity (Wildman–Crippen MR) is 150 cm³/mol. The number of unbranched alkanes of at least 4 members (excludes halogenated alkanes) is 11. The van der Waals surface area contributed by atoms with E-state index >= 15 is 0 Å². The number of nitrogens with zero attached hydrogens (tertiary/aromatic N) is 2. The normalized spacial score (nSPS) is 11.0. The average Bonchev–Trinajstić information content (AvgIpc) is 2.89. The van der Waals surface area contributed by atoms with Crippen molar-refractivity contribution in [3.05, 3.63) is 66.4 Å². The van der Waals surface area contributed by atoms with Crippen molar-refractivity contribution < 1.29 is 4.79 Å². The van der Waals surface area contributed by atoms with Gasteiger partial charge in [-0.25, -0.2) is 0 Å². The molecule has 0 atom stereocenters. The van der Waals surface area contributed by atoms with Gasteiger partial charge in [-0.1, -0.05) is 108 Å². The molecule has 1 amide bonds. The lowest BCUT2D eigenvalue weighted by atomic mass is 10.1. The second-order valence-electron chi connectivity index (χ2n) is 9.70. The zero-order valence-electron chi connectivity index (χ0n) is 21.8. The monoisotopic (exact) mass is 473 g/mol. The maximum Gasteiger partial charge on any atom is 0.257 e. The van der Waals surface area contributed by atoms with Gasteiger partial charge in [0.05, 0.1) is 23.0 Å². The predicted octanol–water partition coefficient (Wildman–Crippen LogP) is 8.62. The van der Waals surface area contributed by atoms with E-state index in [4.69, 9.17) is 0 Å². The van der Waals surface area contributed by atoms with E-state index in [0.29, 0.717) is 11.3 Å². The van der Waals surface area contributed by atoms with Crippen molar-refractivity contribution in [2.45, 2.75) is 84.0 Å². The molecule has 35 heavy (non-hydrogen) atoms. The van der Waals surface area contributed by atoms with Crippen LogP contribution in [-0.2, 0) is 0 Å². The number of carbonyl (C=O) groups is 1. The van der Waals surface area contributed by atoms with Gasteiger partial charge < -0.3 is 10.2 Å². The van der Waals surface area contributed by atoms with Gasteiger partial charge in [-0.15, -0.1) is 0 Å². The minimum atomic E-state index is -0.0979. The average molecular weight is 474 g/mol. The Morgan fingerprint density at radius 3 is 2.11 bits per heavy atom. The minimum absolute atomic E-state index is 0.0979. The van der Waals surface area contributed by atoms with Gasteiger partial charge in [0.25, 0.3) is 5.91 Å². The van der Waals surface area contributed by atoms with Crippen LogP contribution in [0.5, 0.6) is 0 Å². The molecule has 0 saturated carbocycles. The number of anilines is 2. The molecule has 0 unspecified atom stereocenters. The Morgan fingerprint density at radius 1 is 0.800 bits per heavy atom. The van der Waals surface area contributed by atoms with Crippen LogP contribution in [0, 0.1) is 0 Å². The first-order chi connectivity index (χ1) is 17.2. The molecule has 0 aliphatic rings. The van der Waals surface area contributed by atoms with Crippen molar-refractivity contribution in [2.24, 2.45) is 0 Å². The van der Waals surface area contributed by atoms with Crippen molar-refractivity contribution in [1.29, 1.82) is 0 Å². The molecule has 0 radical (unpaired) electrons. The Labute approximate surface area is 212 Å². The van der Waals surface area contributed by atoms with Gasteiger partial charge >= 0.3 is 0 Å². The number of carbonyl (C=O) groups excluding carboxylic acids is 1. The van der Waals surface area contributed by atoms with E-state index in [-0.39, 0.29) is 5.91 Å². The molecule has 0 aliphatic heterocycles. The van der Waals surface area contributed by atoms with Crippen LogP contribution in [-0.4, -0.2) is 24.5 Å². The molecule has 0 saturated heterocycles. The second kappa shape index (κ2) is 15.2. The van der Waals surface area contributed by atoms with Crippen LogP contribution in [0.25, 0.3) is 10.9 Å². The standard InChI is InChI=1S/C31H43N3O/c1-3-4-5-6-7-8-9-10-11-12-13-18-23-34(2)30-22-17-15-20-28(30)31(35)33-27-24-26-19-14-16-21-29(26)32-25-27/h14-17,19-22,24-25H,3-13,18,23H2,1-2H3,(H,33,35). The molecule has 188 valence electrons. The fourth-order valence-electron chi connectivity index (χ4n) is 4.65. The van der Waals surface area contributed by atoms with Gasteiger partial charge in [0, 0.05) is 24.7 Å². The van der Waals surface area contributed by atoms with Gasteiger partial charge in [-0.3, -0.25) is 9.78 Å². The summed E-state index contributed by atoms with van der Waals surface area (Å²) in [6, 6.07) is 17.8. The lowest BCUT2D eigenvalue weighted by Crippen LogP contribution is -2.23. The highest BCUT2D eigenvalue weighted by Crippen LogP contribution is 2.23. The molecule has 4 heteroatoms. The summed E-state index contributed by atoms with van der Waals surface area (Å²) in [4.78, 5) is 19.8. The van der Waals surface area contributed by atoms with E-state index in [1.165, 1.54) is 70.6 Å². The number of rotatable bonds is 16. The third-order valence-corrected chi connectivity index (χ3v) is 6.76. The maximum atomic E-state index is 13.1. The van der Waals surface area contributed by atoms with E-state index in [9.17, 15) is 4.79 Å². The summed E-state index contributed by atoms with van der Waals surface area (Å²) >= 11 is 0. The van der Waals surface area contributed by atoms with Crippen LogP contribution in [0.4, 0.5) is 11.4 Å². The molecule has 2 aromatic carbocycles. The van der Waals surface area contributed by atoms with Crippen LogP contribution in [0.1, 0.15) is 94.3 Å². The molecular weight excluding hydrogens is 430 g/mol. The smallest absolute Gasteiger partial charge is 0.257 e. The van der Waals surface area contributed by atoms with Gasteiger partial charge in [0.15, 0.2) is 0 Å². The summed E-state index contributed by atoms with van der Waals surface area (Å²) < 4.78 is 0. The Kier molecular flexibility index (Phi) is 11.6. The summed E-state index contributed by atoms with van der Waals surface area (Å²) in [5, 5.41) is 4.05. The van der Waals surface area contributed by atoms with E-state index in [1.54, 1.807) is 6.20 Å². The van der Waals surface area contributed by atoms with Crippen molar-refractivity contribution in [3.63, 3.8) is 0 Å². The molecule has 0 spiro atoms. The fourth-order valence-corrected chi connectivity index (χ4v) is 4.65. The SMILES string of the molecule is CCCCCCCCCCCCCCN(C)c1ccccc1C(=O)Nc1cnc2ccccc2c1. The van der Waals surface area contributed by atoms with Crippen LogP contribution in [0.2, 0.25) is 0 Å². The summed E-state index contributed by atoms with van der Waals surface area (Å²) in [6.45, 7) is 3.23. The maximum absolute atomic E-state index is 13.1. The molecule has 1 N–H and O–H groups in total. The number of hydrogen-bond acceptors (Lipinski definition) is 3. The third-order valence-electron chi connectivity index (χ3n) is 6.76. The van der Waals surface area contributed by atoms with Gasteiger partial charge in [-0.05, 0) is 30.7 Å². The van der Waals surface area contributed by atoms with E-state index in [1.807, 2.05) is 54.6 Å². The van der Waals surface area contributed by atoms with Crippen molar-refractivity contribution >= 4 is 28.2 Å². The number of nitrogens with one attached hydrogen (secondary N) is 1. The molecule has 4 nitrogen and oxygen atoms in total. The first-order valence-corrected chi connectivity index (χ1v) is 13.7. The zero-order valence-corrected chi connectivity index (χ0v) is 21.8. The number of hydrogen-bond donors (Lipinski definition) is 1. The highest BCUT2D eigenvalue weighted by atomic mass is 16.1. The highest BCUT2D eigenvalue weighted by molar-refractivity contribution is 6.08. The third kappa shape index (κ3) is 9.01. The second-order valence-corrected chi connectivity index (χ2v) is 9.70. The Balaban J connectivity index is 1.39. The first-order valence-electron chi connectivity index (χ1n) is 13.7. The number of para-hydroxylation sites is 2. The van der Waals surface area contributed by atoms with Crippen molar-refractivity contribution in [2.75, 3.05) is 23.8 Å². The molecule has 3 aromatic rings. The van der Waals surface area contributed by atoms with Gasteiger partial charge in [0.2, 0.25) is 0 Å². The van der Waals surface area contributed by atoms with Crippen LogP contribution in [0.15, 0.2) is 60.8 Å². The molecule has 3 rings (SSSR count). The quantitative estimate of drug-likeness (QED) is 0.212. The molecule has 0 aliphatic carbocycles. The molecule has 1 heterocycles. The molecule has 0 bridgehead atoms. The van der Waals surface area contributed by atoms with E-state index in [0.717, 1.165) is 29.6 Å². The summed E-state index contributed by atoms with van der Waals surface area (Å²) in [5.41, 5.74) is 3.31. The Morgan fingerprint density at radius 2 is 1.40 bits per heavy atom. The molecule has 0 fully saturated rings. The summed E-state index contributed by atoms with van der Waals surface area (Å²) in [7, 11) is 2.09. The number of pyridine rings is 1. The van der Waals surface area contributed by atoms with Crippen molar-refractivity contribution in [1.82, 2.24) is 4.98 Å². The van der Waals surface area contributed by atoms with E-state index < -0.39 is 0 Å². The summed E-state index contributed by atoms with van der Waals surface area (Å²) in [6.07, 6.45) is 17.9.